The molecule has 2 fully saturated rings. The lowest BCUT2D eigenvalue weighted by molar-refractivity contribution is -0.0103. The molecule has 0 N–H and O–H groups in total. The quantitative estimate of drug-likeness (QED) is 0.845. The fourth-order valence-corrected chi connectivity index (χ4v) is 3.30. The highest BCUT2D eigenvalue weighted by molar-refractivity contribution is 4.96. The van der Waals surface area contributed by atoms with Gasteiger partial charge in [0.15, 0.2) is 5.82 Å². The summed E-state index contributed by atoms with van der Waals surface area (Å²) in [5, 5.41) is 4.02. The van der Waals surface area contributed by atoms with E-state index in [-0.39, 0.29) is 0 Å². The van der Waals surface area contributed by atoms with Crippen molar-refractivity contribution in [2.24, 2.45) is 0 Å². The van der Waals surface area contributed by atoms with Gasteiger partial charge in [0.25, 0.3) is 0 Å². The number of rotatable bonds is 4. The van der Waals surface area contributed by atoms with E-state index in [2.05, 4.69) is 40.7 Å². The highest BCUT2D eigenvalue weighted by Gasteiger charge is 2.35. The van der Waals surface area contributed by atoms with E-state index in [1.54, 1.807) is 0 Å². The van der Waals surface area contributed by atoms with Gasteiger partial charge in [0.1, 0.15) is 0 Å². The number of hydrogen-bond acceptors (Lipinski definition) is 5. The van der Waals surface area contributed by atoms with Crippen LogP contribution in [0.25, 0.3) is 0 Å². The Labute approximate surface area is 121 Å². The molecule has 2 aliphatic rings. The summed E-state index contributed by atoms with van der Waals surface area (Å²) in [7, 11) is 0. The molecule has 0 saturated carbocycles. The molecule has 20 heavy (non-hydrogen) atoms. The number of nitrogens with zero attached hydrogens (tertiary/aromatic N) is 4. The maximum Gasteiger partial charge on any atom is 0.240 e. The number of likely N-dealkylation sites (tertiary alicyclic amines) is 2. The van der Waals surface area contributed by atoms with Gasteiger partial charge < -0.3 is 4.52 Å². The van der Waals surface area contributed by atoms with E-state index in [0.29, 0.717) is 5.92 Å². The van der Waals surface area contributed by atoms with Crippen LogP contribution < -0.4 is 0 Å². The minimum Gasteiger partial charge on any atom is -0.338 e. The monoisotopic (exact) mass is 278 g/mol. The van der Waals surface area contributed by atoms with Crippen molar-refractivity contribution < 1.29 is 4.52 Å². The van der Waals surface area contributed by atoms with Gasteiger partial charge in [-0.05, 0) is 26.3 Å². The van der Waals surface area contributed by atoms with Crippen LogP contribution in [0.1, 0.15) is 57.7 Å². The average Bonchev–Trinajstić information content (AvgIpc) is 2.83. The van der Waals surface area contributed by atoms with Crippen molar-refractivity contribution >= 4 is 0 Å². The number of piperidine rings is 1. The Morgan fingerprint density at radius 2 is 2.10 bits per heavy atom. The maximum atomic E-state index is 5.32. The molecule has 0 amide bonds. The van der Waals surface area contributed by atoms with E-state index in [0.717, 1.165) is 43.4 Å². The van der Waals surface area contributed by atoms with Crippen molar-refractivity contribution in [3.8, 4) is 0 Å². The molecule has 0 bridgehead atoms. The molecule has 0 aromatic carbocycles. The Morgan fingerprint density at radius 1 is 1.30 bits per heavy atom. The third kappa shape index (κ3) is 2.88. The van der Waals surface area contributed by atoms with E-state index < -0.39 is 0 Å². The van der Waals surface area contributed by atoms with Crippen LogP contribution in [0.2, 0.25) is 0 Å². The van der Waals surface area contributed by atoms with E-state index in [4.69, 9.17) is 4.52 Å². The highest BCUT2D eigenvalue weighted by atomic mass is 16.5. The van der Waals surface area contributed by atoms with Crippen LogP contribution in [0, 0.1) is 0 Å². The zero-order valence-corrected chi connectivity index (χ0v) is 12.9. The van der Waals surface area contributed by atoms with Crippen molar-refractivity contribution in [3.05, 3.63) is 11.7 Å². The molecule has 1 aromatic heterocycles. The summed E-state index contributed by atoms with van der Waals surface area (Å²) in [6.45, 7) is 10.9. The molecular formula is C15H26N4O. The summed E-state index contributed by atoms with van der Waals surface area (Å²) in [4.78, 5) is 9.55. The van der Waals surface area contributed by atoms with Crippen LogP contribution >= 0.6 is 0 Å². The summed E-state index contributed by atoms with van der Waals surface area (Å²) in [5.41, 5.74) is 0. The van der Waals surface area contributed by atoms with Crippen molar-refractivity contribution in [2.75, 3.05) is 19.6 Å². The molecule has 3 rings (SSSR count). The Morgan fingerprint density at radius 3 is 2.75 bits per heavy atom. The molecule has 2 saturated heterocycles. The standard InChI is InChI=1S/C15H26N4O/c1-11(2)15-16-14(20-17-15)10-18-8-13(9-18)19-7-5-4-6-12(19)3/h11-13H,4-10H2,1-3H3/t12-/m1/s1. The largest absolute Gasteiger partial charge is 0.338 e. The molecule has 1 aromatic rings. The van der Waals surface area contributed by atoms with E-state index in [9.17, 15) is 0 Å². The summed E-state index contributed by atoms with van der Waals surface area (Å²) >= 11 is 0. The van der Waals surface area contributed by atoms with Crippen molar-refractivity contribution in [1.82, 2.24) is 19.9 Å². The lowest BCUT2D eigenvalue weighted by Gasteiger charge is -2.48. The second kappa shape index (κ2) is 5.82. The second-order valence-corrected chi connectivity index (χ2v) is 6.63. The predicted octanol–water partition coefficient (Wildman–Crippen LogP) is 2.25. The Kier molecular flexibility index (Phi) is 4.08. The first-order valence-corrected chi connectivity index (χ1v) is 7.94. The topological polar surface area (TPSA) is 45.4 Å². The first-order valence-electron chi connectivity index (χ1n) is 7.94. The normalized spacial score (nSPS) is 26.1. The molecule has 2 aliphatic heterocycles. The predicted molar refractivity (Wildman–Crippen MR) is 77.5 cm³/mol. The molecule has 1 atom stereocenters. The SMILES string of the molecule is CC(C)c1noc(CN2CC(N3CCCC[C@H]3C)C2)n1. The summed E-state index contributed by atoms with van der Waals surface area (Å²) in [5.74, 6) is 1.92. The summed E-state index contributed by atoms with van der Waals surface area (Å²) < 4.78 is 5.32. The van der Waals surface area contributed by atoms with Gasteiger partial charge in [-0.15, -0.1) is 0 Å². The molecule has 112 valence electrons. The van der Waals surface area contributed by atoms with Gasteiger partial charge in [0, 0.05) is 31.1 Å². The van der Waals surface area contributed by atoms with Gasteiger partial charge in [0.2, 0.25) is 5.89 Å². The van der Waals surface area contributed by atoms with E-state index >= 15 is 0 Å². The van der Waals surface area contributed by atoms with E-state index in [1.807, 2.05) is 0 Å². The first-order chi connectivity index (χ1) is 9.63. The fraction of sp³-hybridized carbons (Fsp3) is 0.867. The zero-order valence-electron chi connectivity index (χ0n) is 12.9. The molecule has 5 nitrogen and oxygen atoms in total. The van der Waals surface area contributed by atoms with Crippen molar-refractivity contribution in [3.63, 3.8) is 0 Å². The van der Waals surface area contributed by atoms with Crippen LogP contribution in [0.3, 0.4) is 0 Å². The van der Waals surface area contributed by atoms with Gasteiger partial charge in [0.05, 0.1) is 6.54 Å². The smallest absolute Gasteiger partial charge is 0.240 e. The highest BCUT2D eigenvalue weighted by Crippen LogP contribution is 2.25. The van der Waals surface area contributed by atoms with Gasteiger partial charge in [-0.3, -0.25) is 9.80 Å². The zero-order chi connectivity index (χ0) is 14.1. The van der Waals surface area contributed by atoms with Crippen molar-refractivity contribution in [1.29, 1.82) is 0 Å². The van der Waals surface area contributed by atoms with Crippen LogP contribution in [0.15, 0.2) is 4.52 Å². The lowest BCUT2D eigenvalue weighted by Crippen LogP contribution is -2.61. The number of aromatic nitrogens is 2. The van der Waals surface area contributed by atoms with Crippen LogP contribution in [0.4, 0.5) is 0 Å². The Balaban J connectivity index is 1.47. The van der Waals surface area contributed by atoms with Crippen LogP contribution in [-0.4, -0.2) is 51.7 Å². The summed E-state index contributed by atoms with van der Waals surface area (Å²) in [6.07, 6.45) is 4.12. The van der Waals surface area contributed by atoms with Gasteiger partial charge in [-0.25, -0.2) is 0 Å². The molecule has 0 unspecified atom stereocenters. The maximum absolute atomic E-state index is 5.32. The second-order valence-electron chi connectivity index (χ2n) is 6.63. The molecular weight excluding hydrogens is 252 g/mol. The Hall–Kier alpha value is -0.940. The summed E-state index contributed by atoms with van der Waals surface area (Å²) in [6, 6.07) is 1.49. The molecule has 0 aliphatic carbocycles. The minimum atomic E-state index is 0.339. The molecule has 0 spiro atoms. The Bertz CT molecular complexity index is 439. The van der Waals surface area contributed by atoms with Gasteiger partial charge in [-0.2, -0.15) is 4.98 Å². The average molecular weight is 278 g/mol. The number of hydrogen-bond donors (Lipinski definition) is 0. The molecule has 3 heterocycles. The van der Waals surface area contributed by atoms with Gasteiger partial charge >= 0.3 is 0 Å². The van der Waals surface area contributed by atoms with Crippen LogP contribution in [-0.2, 0) is 6.54 Å². The van der Waals surface area contributed by atoms with Crippen LogP contribution in [0.5, 0.6) is 0 Å². The fourth-order valence-electron chi connectivity index (χ4n) is 3.30. The molecule has 0 radical (unpaired) electrons. The third-order valence-electron chi connectivity index (χ3n) is 4.62. The van der Waals surface area contributed by atoms with E-state index in [1.165, 1.54) is 25.8 Å². The minimum absolute atomic E-state index is 0.339. The molecule has 5 heteroatoms. The van der Waals surface area contributed by atoms with Crippen molar-refractivity contribution in [2.45, 2.75) is 64.6 Å². The van der Waals surface area contributed by atoms with Gasteiger partial charge in [-0.1, -0.05) is 25.4 Å². The lowest BCUT2D eigenvalue weighted by atomic mass is 9.97. The third-order valence-corrected chi connectivity index (χ3v) is 4.62. The first kappa shape index (κ1) is 14.0.